The van der Waals surface area contributed by atoms with Gasteiger partial charge in [-0.2, -0.15) is 0 Å². The molecule has 0 amide bonds. The van der Waals surface area contributed by atoms with Crippen LogP contribution in [0.4, 0.5) is 10.5 Å². The van der Waals surface area contributed by atoms with Crippen molar-refractivity contribution in [2.75, 3.05) is 38.2 Å². The average molecular weight is 308 g/mol. The van der Waals surface area contributed by atoms with Crippen molar-refractivity contribution in [2.24, 2.45) is 0 Å². The number of benzene rings is 1. The molecule has 1 heterocycles. The van der Waals surface area contributed by atoms with E-state index in [0.717, 1.165) is 37.6 Å². The largest absolute Gasteiger partial charge is 0.514 e. The molecule has 1 saturated heterocycles. The number of hydrogen-bond acceptors (Lipinski definition) is 6. The summed E-state index contributed by atoms with van der Waals surface area (Å²) in [5.74, 6) is 1.21. The normalized spacial score (nSPS) is 15.4. The summed E-state index contributed by atoms with van der Waals surface area (Å²) >= 11 is 0. The molecule has 1 aromatic carbocycles. The SMILES string of the molecule is COc1ccc(OC(=O)OC(C)(C)C)cc1N1CCNCC1. The van der Waals surface area contributed by atoms with Crippen molar-refractivity contribution < 1.29 is 19.0 Å². The third-order valence-corrected chi connectivity index (χ3v) is 3.20. The molecule has 0 spiro atoms. The molecule has 0 unspecified atom stereocenters. The van der Waals surface area contributed by atoms with Crippen molar-refractivity contribution in [3.05, 3.63) is 18.2 Å². The van der Waals surface area contributed by atoms with Crippen molar-refractivity contribution in [1.82, 2.24) is 5.32 Å². The minimum absolute atomic E-state index is 0.448. The van der Waals surface area contributed by atoms with E-state index in [0.29, 0.717) is 5.75 Å². The summed E-state index contributed by atoms with van der Waals surface area (Å²) in [6, 6.07) is 5.32. The monoisotopic (exact) mass is 308 g/mol. The summed E-state index contributed by atoms with van der Waals surface area (Å²) in [5, 5.41) is 3.31. The van der Waals surface area contributed by atoms with Crippen molar-refractivity contribution in [2.45, 2.75) is 26.4 Å². The Morgan fingerprint density at radius 1 is 1.23 bits per heavy atom. The van der Waals surface area contributed by atoms with E-state index >= 15 is 0 Å². The molecule has 6 heteroatoms. The number of carbonyl (C=O) groups excluding carboxylic acids is 1. The van der Waals surface area contributed by atoms with Crippen molar-refractivity contribution in [3.8, 4) is 11.5 Å². The molecule has 0 bridgehead atoms. The average Bonchev–Trinajstić information content (AvgIpc) is 2.46. The summed E-state index contributed by atoms with van der Waals surface area (Å²) in [6.45, 7) is 9.00. The van der Waals surface area contributed by atoms with Crippen molar-refractivity contribution in [3.63, 3.8) is 0 Å². The van der Waals surface area contributed by atoms with Gasteiger partial charge in [-0.05, 0) is 32.9 Å². The smallest absolute Gasteiger partial charge is 0.495 e. The fourth-order valence-electron chi connectivity index (χ4n) is 2.25. The zero-order valence-corrected chi connectivity index (χ0v) is 13.6. The van der Waals surface area contributed by atoms with Crippen LogP contribution in [0.3, 0.4) is 0 Å². The lowest BCUT2D eigenvalue weighted by Gasteiger charge is -2.30. The van der Waals surface area contributed by atoms with Gasteiger partial charge in [0.05, 0.1) is 12.8 Å². The highest BCUT2D eigenvalue weighted by molar-refractivity contribution is 5.68. The first-order valence-electron chi connectivity index (χ1n) is 7.43. The summed E-state index contributed by atoms with van der Waals surface area (Å²) in [4.78, 5) is 14.0. The molecule has 0 aromatic heterocycles. The maximum absolute atomic E-state index is 11.8. The van der Waals surface area contributed by atoms with E-state index in [1.165, 1.54) is 0 Å². The Balaban J connectivity index is 2.14. The van der Waals surface area contributed by atoms with Gasteiger partial charge < -0.3 is 24.4 Å². The first-order valence-corrected chi connectivity index (χ1v) is 7.43. The lowest BCUT2D eigenvalue weighted by molar-refractivity contribution is 0.0206. The van der Waals surface area contributed by atoms with Gasteiger partial charge >= 0.3 is 6.16 Å². The maximum Gasteiger partial charge on any atom is 0.514 e. The minimum Gasteiger partial charge on any atom is -0.495 e. The van der Waals surface area contributed by atoms with E-state index in [1.807, 2.05) is 6.07 Å². The van der Waals surface area contributed by atoms with Crippen molar-refractivity contribution >= 4 is 11.8 Å². The molecule has 2 rings (SSSR count). The summed E-state index contributed by atoms with van der Waals surface area (Å²) < 4.78 is 15.8. The van der Waals surface area contributed by atoms with Crippen LogP contribution in [0.5, 0.6) is 11.5 Å². The third kappa shape index (κ3) is 4.53. The zero-order chi connectivity index (χ0) is 16.2. The molecular formula is C16H24N2O4. The molecule has 0 saturated carbocycles. The van der Waals surface area contributed by atoms with Gasteiger partial charge in [0.25, 0.3) is 0 Å². The lowest BCUT2D eigenvalue weighted by atomic mass is 10.2. The number of anilines is 1. The Labute approximate surface area is 131 Å². The molecule has 22 heavy (non-hydrogen) atoms. The van der Waals surface area contributed by atoms with E-state index in [2.05, 4.69) is 10.2 Å². The van der Waals surface area contributed by atoms with Gasteiger partial charge in [0, 0.05) is 32.2 Å². The highest BCUT2D eigenvalue weighted by atomic mass is 16.7. The third-order valence-electron chi connectivity index (χ3n) is 3.20. The van der Waals surface area contributed by atoms with Crippen LogP contribution in [0.2, 0.25) is 0 Å². The van der Waals surface area contributed by atoms with Crippen LogP contribution >= 0.6 is 0 Å². The number of carbonyl (C=O) groups is 1. The maximum atomic E-state index is 11.8. The van der Waals surface area contributed by atoms with E-state index in [9.17, 15) is 4.79 Å². The quantitative estimate of drug-likeness (QED) is 0.683. The fraction of sp³-hybridized carbons (Fsp3) is 0.562. The highest BCUT2D eigenvalue weighted by Crippen LogP contribution is 2.32. The summed E-state index contributed by atoms with van der Waals surface area (Å²) in [5.41, 5.74) is 0.343. The second-order valence-electron chi connectivity index (χ2n) is 6.14. The topological polar surface area (TPSA) is 60.0 Å². The Bertz CT molecular complexity index is 519. The number of rotatable bonds is 3. The van der Waals surface area contributed by atoms with Crippen LogP contribution in [0, 0.1) is 0 Å². The predicted molar refractivity (Wildman–Crippen MR) is 84.9 cm³/mol. The van der Waals surface area contributed by atoms with Gasteiger partial charge in [0.1, 0.15) is 17.1 Å². The molecule has 0 aliphatic carbocycles. The second-order valence-corrected chi connectivity index (χ2v) is 6.14. The first kappa shape index (κ1) is 16.4. The predicted octanol–water partition coefficient (Wildman–Crippen LogP) is 2.42. The Kier molecular flexibility index (Phi) is 5.13. The standard InChI is InChI=1S/C16H24N2O4/c1-16(2,3)22-15(19)21-12-5-6-14(20-4)13(11-12)18-9-7-17-8-10-18/h5-6,11,17H,7-10H2,1-4H3. The Morgan fingerprint density at radius 2 is 1.91 bits per heavy atom. The number of methoxy groups -OCH3 is 1. The lowest BCUT2D eigenvalue weighted by Crippen LogP contribution is -2.43. The molecule has 1 N–H and O–H groups in total. The van der Waals surface area contributed by atoms with Gasteiger partial charge in [-0.15, -0.1) is 0 Å². The van der Waals surface area contributed by atoms with E-state index < -0.39 is 11.8 Å². The van der Waals surface area contributed by atoms with Crippen LogP contribution < -0.4 is 19.7 Å². The Hall–Kier alpha value is -1.95. The van der Waals surface area contributed by atoms with Crippen LogP contribution in [-0.2, 0) is 4.74 Å². The fourth-order valence-corrected chi connectivity index (χ4v) is 2.25. The van der Waals surface area contributed by atoms with Crippen LogP contribution in [0.1, 0.15) is 20.8 Å². The van der Waals surface area contributed by atoms with Gasteiger partial charge in [-0.3, -0.25) is 0 Å². The molecule has 1 aromatic rings. The summed E-state index contributed by atoms with van der Waals surface area (Å²) in [6.07, 6.45) is -0.705. The molecule has 0 atom stereocenters. The first-order chi connectivity index (χ1) is 10.4. The molecule has 122 valence electrons. The van der Waals surface area contributed by atoms with E-state index in [1.54, 1.807) is 40.0 Å². The van der Waals surface area contributed by atoms with Crippen LogP contribution in [0.15, 0.2) is 18.2 Å². The van der Waals surface area contributed by atoms with Crippen LogP contribution in [-0.4, -0.2) is 45.0 Å². The van der Waals surface area contributed by atoms with Crippen LogP contribution in [0.25, 0.3) is 0 Å². The zero-order valence-electron chi connectivity index (χ0n) is 13.6. The van der Waals surface area contributed by atoms with Gasteiger partial charge in [-0.25, -0.2) is 4.79 Å². The number of nitrogens with one attached hydrogen (secondary N) is 1. The molecule has 0 radical (unpaired) electrons. The Morgan fingerprint density at radius 3 is 2.50 bits per heavy atom. The van der Waals surface area contributed by atoms with Gasteiger partial charge in [-0.1, -0.05) is 0 Å². The minimum atomic E-state index is -0.705. The molecular weight excluding hydrogens is 284 g/mol. The number of piperazine rings is 1. The summed E-state index contributed by atoms with van der Waals surface area (Å²) in [7, 11) is 1.63. The van der Waals surface area contributed by atoms with E-state index in [-0.39, 0.29) is 0 Å². The molecule has 1 aliphatic heterocycles. The number of nitrogens with zero attached hydrogens (tertiary/aromatic N) is 1. The van der Waals surface area contributed by atoms with Crippen molar-refractivity contribution in [1.29, 1.82) is 0 Å². The highest BCUT2D eigenvalue weighted by Gasteiger charge is 2.20. The van der Waals surface area contributed by atoms with E-state index in [4.69, 9.17) is 14.2 Å². The second kappa shape index (κ2) is 6.87. The number of hydrogen-bond donors (Lipinski definition) is 1. The molecule has 6 nitrogen and oxygen atoms in total. The molecule has 1 fully saturated rings. The van der Waals surface area contributed by atoms with Gasteiger partial charge in [0.2, 0.25) is 0 Å². The molecule has 1 aliphatic rings. The van der Waals surface area contributed by atoms with Gasteiger partial charge in [0.15, 0.2) is 0 Å². The number of ether oxygens (including phenoxy) is 3.